The zero-order valence-corrected chi connectivity index (χ0v) is 8.51. The molecule has 2 nitrogen and oxygen atoms in total. The summed E-state index contributed by atoms with van der Waals surface area (Å²) in [7, 11) is 4.08. The lowest BCUT2D eigenvalue weighted by molar-refractivity contribution is -0.672. The molecule has 2 heteroatoms. The van der Waals surface area contributed by atoms with E-state index in [9.17, 15) is 0 Å². The van der Waals surface area contributed by atoms with Gasteiger partial charge in [-0.05, 0) is 6.07 Å². The third-order valence-corrected chi connectivity index (χ3v) is 2.33. The first-order valence-electron chi connectivity index (χ1n) is 4.68. The van der Waals surface area contributed by atoms with Crippen molar-refractivity contribution < 1.29 is 9.13 Å². The molecule has 2 aromatic heterocycles. The summed E-state index contributed by atoms with van der Waals surface area (Å²) in [5, 5.41) is 0. The van der Waals surface area contributed by atoms with E-state index in [2.05, 4.69) is 54.5 Å². The van der Waals surface area contributed by atoms with Crippen LogP contribution < -0.4 is 9.13 Å². The average Bonchev–Trinajstić information content (AvgIpc) is 2.20. The molecule has 0 amide bonds. The van der Waals surface area contributed by atoms with Gasteiger partial charge in [0, 0.05) is 24.3 Å². The smallest absolute Gasteiger partial charge is 0.208 e. The van der Waals surface area contributed by atoms with E-state index in [1.807, 2.05) is 17.7 Å². The Hall–Kier alpha value is -1.70. The van der Waals surface area contributed by atoms with Crippen LogP contribution in [0.1, 0.15) is 0 Å². The molecule has 0 aliphatic rings. The Labute approximate surface area is 84.1 Å². The minimum atomic E-state index is 1.23. The van der Waals surface area contributed by atoms with Crippen molar-refractivity contribution in [2.75, 3.05) is 0 Å². The monoisotopic (exact) mass is 186 g/mol. The lowest BCUT2D eigenvalue weighted by Gasteiger charge is -1.97. The van der Waals surface area contributed by atoms with Gasteiger partial charge in [0.2, 0.25) is 5.69 Å². The fourth-order valence-electron chi connectivity index (χ4n) is 1.49. The maximum absolute atomic E-state index is 2.12. The highest BCUT2D eigenvalue weighted by molar-refractivity contribution is 5.53. The van der Waals surface area contributed by atoms with Crippen molar-refractivity contribution >= 4 is 0 Å². The van der Waals surface area contributed by atoms with Crippen molar-refractivity contribution in [3.63, 3.8) is 0 Å². The normalized spacial score (nSPS) is 10.1. The van der Waals surface area contributed by atoms with Gasteiger partial charge in [0.05, 0.1) is 5.56 Å². The third-order valence-electron chi connectivity index (χ3n) is 2.33. The molecule has 0 aliphatic carbocycles. The van der Waals surface area contributed by atoms with Crippen LogP contribution in [-0.2, 0) is 14.1 Å². The standard InChI is InChI=1S/C12H14N2/c1-13-9-6-11(7-10-13)12-5-3-4-8-14(12)2/h3-10H,1-2H3/q+2. The van der Waals surface area contributed by atoms with Gasteiger partial charge in [0.1, 0.15) is 14.1 Å². The van der Waals surface area contributed by atoms with Crippen molar-refractivity contribution in [1.82, 2.24) is 0 Å². The lowest BCUT2D eigenvalue weighted by Crippen LogP contribution is -2.31. The first-order valence-corrected chi connectivity index (χ1v) is 4.68. The van der Waals surface area contributed by atoms with Crippen molar-refractivity contribution in [2.24, 2.45) is 14.1 Å². The summed E-state index contributed by atoms with van der Waals surface area (Å²) >= 11 is 0. The number of hydrogen-bond acceptors (Lipinski definition) is 0. The number of aromatic nitrogens is 2. The summed E-state index contributed by atoms with van der Waals surface area (Å²) in [6, 6.07) is 10.5. The van der Waals surface area contributed by atoms with Crippen LogP contribution in [0.5, 0.6) is 0 Å². The number of hydrogen-bond donors (Lipinski definition) is 0. The number of pyridine rings is 2. The molecule has 0 aliphatic heterocycles. The molecule has 0 radical (unpaired) electrons. The molecule has 0 aromatic carbocycles. The number of nitrogens with zero attached hydrogens (tertiary/aromatic N) is 2. The maximum Gasteiger partial charge on any atom is 0.212 e. The highest BCUT2D eigenvalue weighted by atomic mass is 14.9. The lowest BCUT2D eigenvalue weighted by atomic mass is 10.2. The Morgan fingerprint density at radius 3 is 2.21 bits per heavy atom. The summed E-state index contributed by atoms with van der Waals surface area (Å²) in [5.41, 5.74) is 2.47. The predicted molar refractivity (Wildman–Crippen MR) is 54.2 cm³/mol. The van der Waals surface area contributed by atoms with Gasteiger partial charge in [0.15, 0.2) is 18.6 Å². The predicted octanol–water partition coefficient (Wildman–Crippen LogP) is 1.00. The molecule has 2 rings (SSSR count). The molecule has 14 heavy (non-hydrogen) atoms. The van der Waals surface area contributed by atoms with E-state index < -0.39 is 0 Å². The highest BCUT2D eigenvalue weighted by Crippen LogP contribution is 2.11. The van der Waals surface area contributed by atoms with E-state index in [0.717, 1.165) is 0 Å². The van der Waals surface area contributed by atoms with Crippen LogP contribution in [0.4, 0.5) is 0 Å². The Balaban J connectivity index is 2.50. The maximum atomic E-state index is 2.12. The van der Waals surface area contributed by atoms with E-state index in [1.165, 1.54) is 11.3 Å². The minimum absolute atomic E-state index is 1.23. The van der Waals surface area contributed by atoms with E-state index in [4.69, 9.17) is 0 Å². The minimum Gasteiger partial charge on any atom is -0.208 e. The van der Waals surface area contributed by atoms with E-state index in [0.29, 0.717) is 0 Å². The second-order valence-corrected chi connectivity index (χ2v) is 3.45. The summed E-state index contributed by atoms with van der Waals surface area (Å²) < 4.78 is 4.15. The first-order chi connectivity index (χ1) is 6.77. The van der Waals surface area contributed by atoms with Crippen LogP contribution in [0.2, 0.25) is 0 Å². The van der Waals surface area contributed by atoms with Gasteiger partial charge in [-0.3, -0.25) is 0 Å². The van der Waals surface area contributed by atoms with Crippen molar-refractivity contribution in [3.8, 4) is 11.3 Å². The fourth-order valence-corrected chi connectivity index (χ4v) is 1.49. The second-order valence-electron chi connectivity index (χ2n) is 3.45. The van der Waals surface area contributed by atoms with Crippen molar-refractivity contribution in [3.05, 3.63) is 48.9 Å². The third kappa shape index (κ3) is 1.64. The van der Waals surface area contributed by atoms with Gasteiger partial charge in [-0.25, -0.2) is 9.13 Å². The Morgan fingerprint density at radius 1 is 0.857 bits per heavy atom. The van der Waals surface area contributed by atoms with Crippen LogP contribution in [0.3, 0.4) is 0 Å². The van der Waals surface area contributed by atoms with Gasteiger partial charge >= 0.3 is 0 Å². The van der Waals surface area contributed by atoms with Crippen LogP contribution >= 0.6 is 0 Å². The molecule has 0 saturated carbocycles. The van der Waals surface area contributed by atoms with Crippen LogP contribution in [-0.4, -0.2) is 0 Å². The summed E-state index contributed by atoms with van der Waals surface area (Å²) in [6.45, 7) is 0. The molecular weight excluding hydrogens is 172 g/mol. The Kier molecular flexibility index (Phi) is 2.27. The molecule has 0 bridgehead atoms. The van der Waals surface area contributed by atoms with Gasteiger partial charge in [-0.2, -0.15) is 0 Å². The van der Waals surface area contributed by atoms with Gasteiger partial charge < -0.3 is 0 Å². The molecule has 2 aromatic rings. The molecule has 0 atom stereocenters. The van der Waals surface area contributed by atoms with Gasteiger partial charge in [-0.15, -0.1) is 0 Å². The number of aryl methyl sites for hydroxylation is 2. The topological polar surface area (TPSA) is 7.76 Å². The molecule has 0 saturated heterocycles. The fraction of sp³-hybridized carbons (Fsp3) is 0.167. The van der Waals surface area contributed by atoms with Crippen molar-refractivity contribution in [1.29, 1.82) is 0 Å². The van der Waals surface area contributed by atoms with Crippen LogP contribution in [0.15, 0.2) is 48.9 Å². The first kappa shape index (κ1) is 8.88. The van der Waals surface area contributed by atoms with Crippen LogP contribution in [0.25, 0.3) is 11.3 Å². The average molecular weight is 186 g/mol. The van der Waals surface area contributed by atoms with Gasteiger partial charge in [-0.1, -0.05) is 0 Å². The summed E-state index contributed by atoms with van der Waals surface area (Å²) in [6.07, 6.45) is 6.17. The van der Waals surface area contributed by atoms with Crippen LogP contribution in [0, 0.1) is 0 Å². The van der Waals surface area contributed by atoms with Crippen molar-refractivity contribution in [2.45, 2.75) is 0 Å². The molecular formula is C12H14N2+2. The van der Waals surface area contributed by atoms with Gasteiger partial charge in [0.25, 0.3) is 0 Å². The molecule has 0 unspecified atom stereocenters. The zero-order valence-electron chi connectivity index (χ0n) is 8.51. The Bertz CT molecular complexity index is 432. The SMILES string of the molecule is C[n+]1ccc(-c2cccc[n+]2C)cc1. The molecule has 0 fully saturated rings. The summed E-state index contributed by atoms with van der Waals surface area (Å²) in [5.74, 6) is 0. The van der Waals surface area contributed by atoms with E-state index in [1.54, 1.807) is 0 Å². The van der Waals surface area contributed by atoms with E-state index >= 15 is 0 Å². The molecule has 70 valence electrons. The zero-order chi connectivity index (χ0) is 9.97. The Morgan fingerprint density at radius 2 is 1.57 bits per heavy atom. The second kappa shape index (κ2) is 3.58. The number of rotatable bonds is 1. The van der Waals surface area contributed by atoms with E-state index in [-0.39, 0.29) is 0 Å². The quantitative estimate of drug-likeness (QED) is 0.587. The molecule has 2 heterocycles. The largest absolute Gasteiger partial charge is 0.212 e. The molecule has 0 N–H and O–H groups in total. The molecule has 0 spiro atoms. The summed E-state index contributed by atoms with van der Waals surface area (Å²) in [4.78, 5) is 0. The highest BCUT2D eigenvalue weighted by Gasteiger charge is 2.08.